The van der Waals surface area contributed by atoms with E-state index in [0.29, 0.717) is 11.3 Å². The molecular formula is C12H9N3O. The van der Waals surface area contributed by atoms with Crippen molar-refractivity contribution in [3.63, 3.8) is 0 Å². The molecule has 0 saturated carbocycles. The molecule has 16 heavy (non-hydrogen) atoms. The van der Waals surface area contributed by atoms with Crippen molar-refractivity contribution in [3.8, 4) is 17.7 Å². The van der Waals surface area contributed by atoms with E-state index >= 15 is 0 Å². The van der Waals surface area contributed by atoms with Gasteiger partial charge in [-0.3, -0.25) is 0 Å². The lowest BCUT2D eigenvalue weighted by Gasteiger charge is -2.07. The maximum atomic E-state index is 8.80. The molecule has 1 heterocycles. The van der Waals surface area contributed by atoms with Gasteiger partial charge in [-0.05, 0) is 18.2 Å². The fraction of sp³-hybridized carbons (Fsp3) is 0. The second-order valence-corrected chi connectivity index (χ2v) is 3.10. The van der Waals surface area contributed by atoms with Crippen molar-refractivity contribution in [1.29, 1.82) is 5.26 Å². The van der Waals surface area contributed by atoms with Crippen molar-refractivity contribution < 1.29 is 4.74 Å². The maximum Gasteiger partial charge on any atom is 0.244 e. The lowest BCUT2D eigenvalue weighted by atomic mass is 10.2. The lowest BCUT2D eigenvalue weighted by Crippen LogP contribution is -1.97. The van der Waals surface area contributed by atoms with Gasteiger partial charge in [0.25, 0.3) is 0 Å². The second kappa shape index (κ2) is 4.32. The van der Waals surface area contributed by atoms with E-state index in [9.17, 15) is 0 Å². The Morgan fingerprint density at radius 2 is 1.94 bits per heavy atom. The summed E-state index contributed by atoms with van der Waals surface area (Å²) in [6.07, 6.45) is 1.49. The Morgan fingerprint density at radius 3 is 2.62 bits per heavy atom. The molecule has 4 nitrogen and oxygen atoms in total. The number of nitrogens with zero attached hydrogens (tertiary/aromatic N) is 2. The van der Waals surface area contributed by atoms with Crippen LogP contribution in [0, 0.1) is 11.3 Å². The summed E-state index contributed by atoms with van der Waals surface area (Å²) in [6.45, 7) is 0. The monoisotopic (exact) mass is 211 g/mol. The number of para-hydroxylation sites is 1. The zero-order valence-corrected chi connectivity index (χ0v) is 8.42. The lowest BCUT2D eigenvalue weighted by molar-refractivity contribution is 0.465. The van der Waals surface area contributed by atoms with Crippen molar-refractivity contribution in [2.45, 2.75) is 0 Å². The molecule has 0 amide bonds. The highest BCUT2D eigenvalue weighted by molar-refractivity contribution is 5.60. The Labute approximate surface area is 92.9 Å². The molecule has 0 saturated heterocycles. The quantitative estimate of drug-likeness (QED) is 0.827. The van der Waals surface area contributed by atoms with Crippen LogP contribution in [-0.4, -0.2) is 4.98 Å². The van der Waals surface area contributed by atoms with Crippen molar-refractivity contribution in [3.05, 3.63) is 48.2 Å². The van der Waals surface area contributed by atoms with Crippen LogP contribution in [0.25, 0.3) is 0 Å². The fourth-order valence-electron chi connectivity index (χ4n) is 1.23. The van der Waals surface area contributed by atoms with Crippen LogP contribution in [0.2, 0.25) is 0 Å². The number of anilines is 1. The molecule has 0 unspecified atom stereocenters. The minimum atomic E-state index is 0.255. The van der Waals surface area contributed by atoms with E-state index in [2.05, 4.69) is 4.98 Å². The first-order valence-corrected chi connectivity index (χ1v) is 4.69. The summed E-state index contributed by atoms with van der Waals surface area (Å²) in [5.41, 5.74) is 6.35. The molecule has 4 heteroatoms. The summed E-state index contributed by atoms with van der Waals surface area (Å²) in [4.78, 5) is 3.98. The molecule has 0 fully saturated rings. The zero-order chi connectivity index (χ0) is 11.4. The SMILES string of the molecule is N#Cc1ccnc(Oc2ccccc2)c1N. The maximum absolute atomic E-state index is 8.80. The molecule has 2 aromatic rings. The van der Waals surface area contributed by atoms with Crippen molar-refractivity contribution in [1.82, 2.24) is 4.98 Å². The van der Waals surface area contributed by atoms with Crippen molar-refractivity contribution in [2.75, 3.05) is 5.73 Å². The number of ether oxygens (including phenoxy) is 1. The summed E-state index contributed by atoms with van der Waals surface area (Å²) in [7, 11) is 0. The first kappa shape index (κ1) is 9.99. The Bertz CT molecular complexity index is 532. The van der Waals surface area contributed by atoms with Crippen LogP contribution in [0.5, 0.6) is 11.6 Å². The van der Waals surface area contributed by atoms with Gasteiger partial charge in [0.1, 0.15) is 17.5 Å². The van der Waals surface area contributed by atoms with Gasteiger partial charge in [0, 0.05) is 6.20 Å². The Morgan fingerprint density at radius 1 is 1.19 bits per heavy atom. The standard InChI is InChI=1S/C12H9N3O/c13-8-9-6-7-15-12(11(9)14)16-10-4-2-1-3-5-10/h1-7H,14H2. The predicted molar refractivity (Wildman–Crippen MR) is 59.9 cm³/mol. The predicted octanol–water partition coefficient (Wildman–Crippen LogP) is 2.33. The minimum Gasteiger partial charge on any atom is -0.437 e. The van der Waals surface area contributed by atoms with Crippen LogP contribution in [0.3, 0.4) is 0 Å². The number of hydrogen-bond donors (Lipinski definition) is 1. The summed E-state index contributed by atoms with van der Waals surface area (Å²) < 4.78 is 5.46. The first-order valence-electron chi connectivity index (χ1n) is 4.69. The van der Waals surface area contributed by atoms with Crippen LogP contribution >= 0.6 is 0 Å². The van der Waals surface area contributed by atoms with Gasteiger partial charge in [0.15, 0.2) is 0 Å². The van der Waals surface area contributed by atoms with Gasteiger partial charge in [0.2, 0.25) is 5.88 Å². The summed E-state index contributed by atoms with van der Waals surface area (Å²) in [5, 5.41) is 8.80. The summed E-state index contributed by atoms with van der Waals surface area (Å²) >= 11 is 0. The van der Waals surface area contributed by atoms with Crippen LogP contribution in [0.1, 0.15) is 5.56 Å². The van der Waals surface area contributed by atoms with E-state index in [1.807, 2.05) is 24.3 Å². The Hall–Kier alpha value is -2.54. The number of benzene rings is 1. The third kappa shape index (κ3) is 1.93. The topological polar surface area (TPSA) is 71.9 Å². The van der Waals surface area contributed by atoms with Gasteiger partial charge in [-0.1, -0.05) is 18.2 Å². The number of rotatable bonds is 2. The molecule has 0 atom stereocenters. The normalized spacial score (nSPS) is 9.44. The molecule has 2 rings (SSSR count). The highest BCUT2D eigenvalue weighted by atomic mass is 16.5. The highest BCUT2D eigenvalue weighted by Gasteiger charge is 2.07. The van der Waals surface area contributed by atoms with E-state index in [4.69, 9.17) is 15.7 Å². The smallest absolute Gasteiger partial charge is 0.244 e. The molecule has 0 bridgehead atoms. The van der Waals surface area contributed by atoms with Gasteiger partial charge in [-0.15, -0.1) is 0 Å². The molecule has 0 radical (unpaired) electrons. The fourth-order valence-corrected chi connectivity index (χ4v) is 1.23. The van der Waals surface area contributed by atoms with Gasteiger partial charge in [-0.25, -0.2) is 4.98 Å². The molecule has 0 aliphatic carbocycles. The van der Waals surface area contributed by atoms with Gasteiger partial charge in [-0.2, -0.15) is 5.26 Å². The second-order valence-electron chi connectivity index (χ2n) is 3.10. The molecule has 0 aliphatic rings. The Balaban J connectivity index is 2.33. The van der Waals surface area contributed by atoms with Crippen LogP contribution in [0.15, 0.2) is 42.6 Å². The van der Waals surface area contributed by atoms with Gasteiger partial charge < -0.3 is 10.5 Å². The number of nitrogens with two attached hydrogens (primary N) is 1. The largest absolute Gasteiger partial charge is 0.437 e. The molecule has 0 spiro atoms. The van der Waals surface area contributed by atoms with E-state index in [1.165, 1.54) is 6.20 Å². The Kier molecular flexibility index (Phi) is 2.70. The van der Waals surface area contributed by atoms with E-state index in [0.717, 1.165) is 0 Å². The first-order chi connectivity index (χ1) is 7.81. The number of nitrogen functional groups attached to an aromatic ring is 1. The third-order valence-electron chi connectivity index (χ3n) is 2.03. The van der Waals surface area contributed by atoms with Crippen LogP contribution in [-0.2, 0) is 0 Å². The van der Waals surface area contributed by atoms with Gasteiger partial charge >= 0.3 is 0 Å². The van der Waals surface area contributed by atoms with E-state index in [-0.39, 0.29) is 11.6 Å². The summed E-state index contributed by atoms with van der Waals surface area (Å²) in [5.74, 6) is 0.891. The average Bonchev–Trinajstić information content (AvgIpc) is 2.33. The molecule has 0 aliphatic heterocycles. The van der Waals surface area contributed by atoms with Crippen molar-refractivity contribution in [2.24, 2.45) is 0 Å². The number of nitriles is 1. The molecule has 1 aromatic carbocycles. The molecule has 1 aromatic heterocycles. The number of aromatic nitrogens is 1. The molecule has 2 N–H and O–H groups in total. The number of hydrogen-bond acceptors (Lipinski definition) is 4. The minimum absolute atomic E-state index is 0.255. The molecule has 78 valence electrons. The highest BCUT2D eigenvalue weighted by Crippen LogP contribution is 2.26. The molecular weight excluding hydrogens is 202 g/mol. The number of pyridine rings is 1. The van der Waals surface area contributed by atoms with Crippen LogP contribution < -0.4 is 10.5 Å². The van der Waals surface area contributed by atoms with E-state index in [1.54, 1.807) is 18.2 Å². The average molecular weight is 211 g/mol. The summed E-state index contributed by atoms with van der Waals surface area (Å²) in [6, 6.07) is 12.7. The zero-order valence-electron chi connectivity index (χ0n) is 8.42. The van der Waals surface area contributed by atoms with Crippen molar-refractivity contribution >= 4 is 5.69 Å². The van der Waals surface area contributed by atoms with Gasteiger partial charge in [0.05, 0.1) is 5.56 Å². The third-order valence-corrected chi connectivity index (χ3v) is 2.03. The van der Waals surface area contributed by atoms with Crippen LogP contribution in [0.4, 0.5) is 5.69 Å². The van der Waals surface area contributed by atoms with E-state index < -0.39 is 0 Å².